The van der Waals surface area contributed by atoms with Crippen LogP contribution in [-0.2, 0) is 16.1 Å². The van der Waals surface area contributed by atoms with Gasteiger partial charge in [-0.3, -0.25) is 9.36 Å². The van der Waals surface area contributed by atoms with Gasteiger partial charge in [0.25, 0.3) is 5.56 Å². The van der Waals surface area contributed by atoms with Crippen molar-refractivity contribution < 1.29 is 14.3 Å². The quantitative estimate of drug-likeness (QED) is 0.167. The summed E-state index contributed by atoms with van der Waals surface area (Å²) in [5.41, 5.74) is 3.32. The number of hydrogen-bond donors (Lipinski definition) is 0. The Morgan fingerprint density at radius 1 is 1.10 bits per heavy atom. The van der Waals surface area contributed by atoms with Crippen molar-refractivity contribution >= 4 is 51.1 Å². The fourth-order valence-corrected chi connectivity index (χ4v) is 6.29. The second kappa shape index (κ2) is 12.6. The van der Waals surface area contributed by atoms with Gasteiger partial charge in [0.1, 0.15) is 12.4 Å². The Bertz CT molecular complexity index is 1790. The first-order valence-corrected chi connectivity index (χ1v) is 15.9. The van der Waals surface area contributed by atoms with Crippen LogP contribution in [0.25, 0.3) is 6.08 Å². The van der Waals surface area contributed by atoms with E-state index in [1.165, 1.54) is 11.3 Å². The maximum absolute atomic E-state index is 14.0. The summed E-state index contributed by atoms with van der Waals surface area (Å²) in [6, 6.07) is 22.8. The second-order valence-corrected chi connectivity index (χ2v) is 12.6. The lowest BCUT2D eigenvalue weighted by Gasteiger charge is -2.25. The third-order valence-electron chi connectivity index (χ3n) is 6.53. The minimum atomic E-state index is -0.653. The van der Waals surface area contributed by atoms with Crippen LogP contribution in [0.5, 0.6) is 5.75 Å². The zero-order valence-corrected chi connectivity index (χ0v) is 26.3. The van der Waals surface area contributed by atoms with Crippen LogP contribution in [0.4, 0.5) is 0 Å². The van der Waals surface area contributed by atoms with Crippen LogP contribution in [0.1, 0.15) is 43.5 Å². The molecule has 1 aliphatic rings. The van der Waals surface area contributed by atoms with Gasteiger partial charge in [0.2, 0.25) is 0 Å². The number of nitrogens with zero attached hydrogens (tertiary/aromatic N) is 2. The van der Waals surface area contributed by atoms with Crippen LogP contribution < -0.4 is 19.6 Å². The monoisotopic (exact) mass is 648 g/mol. The zero-order chi connectivity index (χ0) is 29.1. The molecule has 9 heteroatoms. The Hall–Kier alpha value is -3.40. The Balaban J connectivity index is 1.59. The average molecular weight is 650 g/mol. The summed E-state index contributed by atoms with van der Waals surface area (Å²) in [6.45, 7) is 5.80. The number of hydrogen-bond acceptors (Lipinski definition) is 7. The van der Waals surface area contributed by atoms with E-state index in [4.69, 9.17) is 14.5 Å². The van der Waals surface area contributed by atoms with Crippen molar-refractivity contribution in [1.29, 1.82) is 0 Å². The molecule has 0 aliphatic carbocycles. The number of para-hydroxylation sites is 1. The maximum atomic E-state index is 14.0. The lowest BCUT2D eigenvalue weighted by molar-refractivity contribution is -0.143. The molecule has 1 aromatic heterocycles. The lowest BCUT2D eigenvalue weighted by Crippen LogP contribution is -2.40. The van der Waals surface area contributed by atoms with Crippen molar-refractivity contribution in [3.8, 4) is 5.75 Å². The fraction of sp³-hybridized carbons (Fsp3) is 0.219. The number of aromatic nitrogens is 1. The maximum Gasteiger partial charge on any atom is 0.338 e. The number of benzene rings is 3. The van der Waals surface area contributed by atoms with E-state index in [1.807, 2.05) is 99.0 Å². The number of thiazole rings is 1. The van der Waals surface area contributed by atoms with Crippen molar-refractivity contribution in [1.82, 2.24) is 4.57 Å². The molecular formula is C32H29BrN2O4S2. The van der Waals surface area contributed by atoms with Gasteiger partial charge in [0.05, 0.1) is 27.9 Å². The minimum absolute atomic E-state index is 0.224. The highest BCUT2D eigenvalue weighted by Crippen LogP contribution is 2.32. The molecular weight excluding hydrogens is 620 g/mol. The number of halogens is 1. The van der Waals surface area contributed by atoms with Gasteiger partial charge in [-0.1, -0.05) is 69.7 Å². The number of carbonyl (C=O) groups excluding carboxylic acids is 1. The summed E-state index contributed by atoms with van der Waals surface area (Å²) < 4.78 is 14.9. The highest BCUT2D eigenvalue weighted by Gasteiger charge is 2.33. The van der Waals surface area contributed by atoms with Gasteiger partial charge in [-0.05, 0) is 74.6 Å². The van der Waals surface area contributed by atoms with Gasteiger partial charge in [0, 0.05) is 14.9 Å². The molecule has 0 bridgehead atoms. The molecule has 0 N–H and O–H groups in total. The van der Waals surface area contributed by atoms with Crippen molar-refractivity contribution in [2.75, 3.05) is 6.26 Å². The van der Waals surface area contributed by atoms with E-state index < -0.39 is 12.0 Å². The Morgan fingerprint density at radius 2 is 1.80 bits per heavy atom. The normalized spacial score (nSPS) is 15.1. The van der Waals surface area contributed by atoms with Crippen molar-refractivity contribution in [2.24, 2.45) is 4.99 Å². The van der Waals surface area contributed by atoms with E-state index >= 15 is 0 Å². The van der Waals surface area contributed by atoms with E-state index in [1.54, 1.807) is 23.3 Å². The minimum Gasteiger partial charge on any atom is -0.488 e. The van der Waals surface area contributed by atoms with Crippen LogP contribution in [0.3, 0.4) is 0 Å². The highest BCUT2D eigenvalue weighted by molar-refractivity contribution is 9.10. The molecule has 4 aromatic rings. The summed E-state index contributed by atoms with van der Waals surface area (Å²) in [7, 11) is 0. The Labute approximate surface area is 255 Å². The summed E-state index contributed by atoms with van der Waals surface area (Å²) in [4.78, 5) is 33.6. The number of ether oxygens (including phenoxy) is 2. The first-order valence-electron chi connectivity index (χ1n) is 13.1. The molecule has 0 radical (unpaired) electrons. The molecule has 0 unspecified atom stereocenters. The molecule has 210 valence electrons. The molecule has 0 spiro atoms. The molecule has 0 amide bonds. The Kier molecular flexibility index (Phi) is 8.97. The number of rotatable bonds is 8. The number of esters is 1. The topological polar surface area (TPSA) is 69.9 Å². The van der Waals surface area contributed by atoms with Gasteiger partial charge in [-0.25, -0.2) is 9.79 Å². The predicted molar refractivity (Wildman–Crippen MR) is 168 cm³/mol. The van der Waals surface area contributed by atoms with Gasteiger partial charge < -0.3 is 9.47 Å². The standard InChI is InChI=1S/C32H29BrN2O4S2/c1-19(2)39-31(37)28-20(3)34-32-35(29(28)22-11-15-25(40-4)16-12-22)30(36)27(41-32)17-23-7-5-6-8-26(23)38-18-21-9-13-24(33)14-10-21/h5-17,19,29H,18H2,1-4H3/b27-17-/t29-/m0/s1. The van der Waals surface area contributed by atoms with E-state index in [9.17, 15) is 9.59 Å². The van der Waals surface area contributed by atoms with E-state index in [2.05, 4.69) is 15.9 Å². The zero-order valence-electron chi connectivity index (χ0n) is 23.1. The molecule has 5 rings (SSSR count). The molecule has 0 saturated heterocycles. The van der Waals surface area contributed by atoms with E-state index in [0.717, 1.165) is 26.1 Å². The molecule has 3 aromatic carbocycles. The molecule has 6 nitrogen and oxygen atoms in total. The van der Waals surface area contributed by atoms with Gasteiger partial charge in [-0.15, -0.1) is 11.8 Å². The van der Waals surface area contributed by atoms with E-state index in [-0.39, 0.29) is 11.7 Å². The molecule has 1 aliphatic heterocycles. The van der Waals surface area contributed by atoms with Crippen LogP contribution in [0.15, 0.2) is 103 Å². The summed E-state index contributed by atoms with van der Waals surface area (Å²) >= 11 is 6.39. The number of fused-ring (bicyclic) bond motifs is 1. The van der Waals surface area contributed by atoms with Crippen molar-refractivity contribution in [3.63, 3.8) is 0 Å². The fourth-order valence-electron chi connectivity index (χ4n) is 4.58. The highest BCUT2D eigenvalue weighted by atomic mass is 79.9. The van der Waals surface area contributed by atoms with Gasteiger partial charge in [0.15, 0.2) is 4.80 Å². The molecule has 2 heterocycles. The number of allylic oxidation sites excluding steroid dienone is 1. The second-order valence-electron chi connectivity index (χ2n) is 9.76. The van der Waals surface area contributed by atoms with Crippen molar-refractivity contribution in [3.05, 3.63) is 125 Å². The molecule has 0 fully saturated rings. The molecule has 1 atom stereocenters. The average Bonchev–Trinajstić information content (AvgIpc) is 3.26. The lowest BCUT2D eigenvalue weighted by atomic mass is 9.96. The van der Waals surface area contributed by atoms with Crippen LogP contribution >= 0.6 is 39.0 Å². The van der Waals surface area contributed by atoms with Crippen LogP contribution in [-0.4, -0.2) is 22.9 Å². The number of thioether (sulfide) groups is 1. The summed E-state index contributed by atoms with van der Waals surface area (Å²) in [5.74, 6) is 0.198. The smallest absolute Gasteiger partial charge is 0.338 e. The largest absolute Gasteiger partial charge is 0.488 e. The summed E-state index contributed by atoms with van der Waals surface area (Å²) in [5, 5.41) is 0. The SMILES string of the molecule is CSc1ccc([C@H]2C(C(=O)OC(C)C)=C(C)N=c3s/c(=C\c4ccccc4OCc4ccc(Br)cc4)c(=O)n32)cc1. The van der Waals surface area contributed by atoms with Gasteiger partial charge >= 0.3 is 5.97 Å². The third kappa shape index (κ3) is 6.42. The van der Waals surface area contributed by atoms with Crippen molar-refractivity contribution in [2.45, 2.75) is 44.4 Å². The number of carbonyl (C=O) groups is 1. The molecule has 0 saturated carbocycles. The Morgan fingerprint density at radius 3 is 2.49 bits per heavy atom. The van der Waals surface area contributed by atoms with Crippen LogP contribution in [0.2, 0.25) is 0 Å². The van der Waals surface area contributed by atoms with Crippen LogP contribution in [0, 0.1) is 0 Å². The third-order valence-corrected chi connectivity index (χ3v) is 8.78. The predicted octanol–water partition coefficient (Wildman–Crippen LogP) is 6.25. The van der Waals surface area contributed by atoms with Gasteiger partial charge in [-0.2, -0.15) is 0 Å². The summed E-state index contributed by atoms with van der Waals surface area (Å²) in [6.07, 6.45) is 3.54. The first kappa shape index (κ1) is 29.1. The van der Waals surface area contributed by atoms with E-state index in [0.29, 0.717) is 33.0 Å². The first-order chi connectivity index (χ1) is 19.7. The molecule has 41 heavy (non-hydrogen) atoms.